The first kappa shape index (κ1) is 16.4. The fourth-order valence-electron chi connectivity index (χ4n) is 2.72. The summed E-state index contributed by atoms with van der Waals surface area (Å²) >= 11 is 0. The van der Waals surface area contributed by atoms with Crippen LogP contribution in [0.4, 0.5) is 0 Å². The number of benzene rings is 1. The monoisotopic (exact) mass is 312 g/mol. The number of nitrogens with zero attached hydrogens (tertiary/aromatic N) is 1. The number of hydrogen-bond donors (Lipinski definition) is 2. The zero-order chi connectivity index (χ0) is 15.6. The fourth-order valence-corrected chi connectivity index (χ4v) is 4.10. The number of nitrogens with one attached hydrogen (secondary N) is 1. The second kappa shape index (κ2) is 6.44. The van der Waals surface area contributed by atoms with Crippen molar-refractivity contribution < 1.29 is 13.5 Å². The van der Waals surface area contributed by atoms with E-state index in [-0.39, 0.29) is 16.9 Å². The molecule has 1 aliphatic heterocycles. The van der Waals surface area contributed by atoms with Crippen molar-refractivity contribution in [2.24, 2.45) is 5.92 Å². The van der Waals surface area contributed by atoms with E-state index >= 15 is 0 Å². The summed E-state index contributed by atoms with van der Waals surface area (Å²) in [5.74, 6) is 0.287. The second-order valence-corrected chi connectivity index (χ2v) is 7.71. The van der Waals surface area contributed by atoms with Crippen LogP contribution in [0.25, 0.3) is 0 Å². The summed E-state index contributed by atoms with van der Waals surface area (Å²) in [6.07, 6.45) is 0.228. The molecule has 2 rings (SSSR count). The molecule has 1 saturated heterocycles. The van der Waals surface area contributed by atoms with Gasteiger partial charge in [-0.3, -0.25) is 0 Å². The Kier molecular flexibility index (Phi) is 5.03. The molecule has 1 fully saturated rings. The number of likely N-dealkylation sites (tertiary alicyclic amines) is 1. The molecule has 0 aromatic heterocycles. The normalized spacial score (nSPS) is 25.7. The molecule has 1 heterocycles. The van der Waals surface area contributed by atoms with Crippen LogP contribution >= 0.6 is 0 Å². The highest BCUT2D eigenvalue weighted by Crippen LogP contribution is 2.20. The first-order valence-corrected chi connectivity index (χ1v) is 8.77. The Labute approximate surface area is 127 Å². The molecule has 118 valence electrons. The minimum absolute atomic E-state index is 0.0253. The van der Waals surface area contributed by atoms with Gasteiger partial charge in [0.2, 0.25) is 10.0 Å². The van der Waals surface area contributed by atoms with Crippen LogP contribution in [0.2, 0.25) is 0 Å². The first-order valence-electron chi connectivity index (χ1n) is 7.28. The minimum Gasteiger partial charge on any atom is -0.389 e. The van der Waals surface area contributed by atoms with E-state index in [4.69, 9.17) is 0 Å². The molecule has 0 spiro atoms. The maximum atomic E-state index is 12.4. The van der Waals surface area contributed by atoms with Crippen molar-refractivity contribution in [3.05, 3.63) is 29.8 Å². The lowest BCUT2D eigenvalue weighted by Gasteiger charge is -2.34. The van der Waals surface area contributed by atoms with Crippen LogP contribution in [0.1, 0.15) is 31.9 Å². The predicted octanol–water partition coefficient (Wildman–Crippen LogP) is 1.36. The summed E-state index contributed by atoms with van der Waals surface area (Å²) in [5.41, 5.74) is 0.710. The third-order valence-electron chi connectivity index (χ3n) is 4.09. The number of rotatable bonds is 4. The van der Waals surface area contributed by atoms with Crippen LogP contribution in [0, 0.1) is 5.92 Å². The smallest absolute Gasteiger partial charge is 0.240 e. The van der Waals surface area contributed by atoms with Crippen LogP contribution in [0.5, 0.6) is 0 Å². The van der Waals surface area contributed by atoms with Gasteiger partial charge in [0, 0.05) is 12.6 Å². The molecule has 3 atom stereocenters. The quantitative estimate of drug-likeness (QED) is 0.881. The van der Waals surface area contributed by atoms with Crippen LogP contribution in [-0.4, -0.2) is 44.6 Å². The number of sulfonamides is 1. The predicted molar refractivity (Wildman–Crippen MR) is 82.5 cm³/mol. The minimum atomic E-state index is -3.50. The number of piperidine rings is 1. The number of hydrogen-bond acceptors (Lipinski definition) is 4. The van der Waals surface area contributed by atoms with Gasteiger partial charge in [0.25, 0.3) is 0 Å². The third-order valence-corrected chi connectivity index (χ3v) is 5.59. The highest BCUT2D eigenvalue weighted by atomic mass is 32.2. The molecule has 1 aliphatic rings. The summed E-state index contributed by atoms with van der Waals surface area (Å²) in [4.78, 5) is 2.46. The van der Waals surface area contributed by atoms with Crippen molar-refractivity contribution in [2.75, 3.05) is 20.1 Å². The van der Waals surface area contributed by atoms with Gasteiger partial charge in [0.15, 0.2) is 0 Å². The van der Waals surface area contributed by atoms with Gasteiger partial charge in [-0.05, 0) is 50.6 Å². The van der Waals surface area contributed by atoms with E-state index in [1.165, 1.54) is 0 Å². The van der Waals surface area contributed by atoms with Crippen molar-refractivity contribution in [3.8, 4) is 0 Å². The molecule has 5 nitrogen and oxygen atoms in total. The van der Waals surface area contributed by atoms with Crippen molar-refractivity contribution in [3.63, 3.8) is 0 Å². The zero-order valence-electron chi connectivity index (χ0n) is 12.8. The molecule has 1 aromatic rings. The van der Waals surface area contributed by atoms with Gasteiger partial charge in [-0.1, -0.05) is 19.1 Å². The molecular weight excluding hydrogens is 288 g/mol. The molecule has 0 saturated carbocycles. The summed E-state index contributed by atoms with van der Waals surface area (Å²) in [5, 5.41) is 9.47. The van der Waals surface area contributed by atoms with E-state index in [0.29, 0.717) is 5.56 Å². The van der Waals surface area contributed by atoms with Gasteiger partial charge in [0.1, 0.15) is 0 Å². The molecule has 0 aliphatic carbocycles. The van der Waals surface area contributed by atoms with Crippen LogP contribution < -0.4 is 4.72 Å². The molecule has 0 bridgehead atoms. The highest BCUT2D eigenvalue weighted by Gasteiger charge is 2.28. The first-order chi connectivity index (χ1) is 9.79. The lowest BCUT2D eigenvalue weighted by Crippen LogP contribution is -2.48. The average molecular weight is 312 g/mol. The SMILES string of the molecule is CC(O)c1ccc(S(=O)(=O)NC2CCN(C)CC2C)cc1. The number of aliphatic hydroxyl groups excluding tert-OH is 1. The van der Waals surface area contributed by atoms with Crippen molar-refractivity contribution in [2.45, 2.75) is 37.3 Å². The molecule has 2 N–H and O–H groups in total. The van der Waals surface area contributed by atoms with Gasteiger partial charge in [0.05, 0.1) is 11.0 Å². The second-order valence-electron chi connectivity index (χ2n) is 6.00. The van der Waals surface area contributed by atoms with E-state index in [1.807, 2.05) is 0 Å². The van der Waals surface area contributed by atoms with Crippen molar-refractivity contribution >= 4 is 10.0 Å². The van der Waals surface area contributed by atoms with E-state index in [2.05, 4.69) is 23.6 Å². The summed E-state index contributed by atoms with van der Waals surface area (Å²) in [6, 6.07) is 6.37. The van der Waals surface area contributed by atoms with Crippen molar-refractivity contribution in [1.29, 1.82) is 0 Å². The zero-order valence-corrected chi connectivity index (χ0v) is 13.6. The van der Waals surface area contributed by atoms with E-state index in [0.717, 1.165) is 19.5 Å². The van der Waals surface area contributed by atoms with Crippen LogP contribution in [-0.2, 0) is 10.0 Å². The molecular formula is C15H24N2O3S. The third kappa shape index (κ3) is 4.03. The maximum absolute atomic E-state index is 12.4. The van der Waals surface area contributed by atoms with Gasteiger partial charge >= 0.3 is 0 Å². The average Bonchev–Trinajstić information content (AvgIpc) is 2.42. The summed E-state index contributed by atoms with van der Waals surface area (Å²) in [6.45, 7) is 5.52. The van der Waals surface area contributed by atoms with E-state index < -0.39 is 16.1 Å². The Morgan fingerprint density at radius 1 is 1.33 bits per heavy atom. The lowest BCUT2D eigenvalue weighted by atomic mass is 9.95. The topological polar surface area (TPSA) is 69.6 Å². The van der Waals surface area contributed by atoms with Gasteiger partial charge in [-0.25, -0.2) is 13.1 Å². The largest absolute Gasteiger partial charge is 0.389 e. The van der Waals surface area contributed by atoms with Gasteiger partial charge in [-0.15, -0.1) is 0 Å². The van der Waals surface area contributed by atoms with E-state index in [9.17, 15) is 13.5 Å². The Bertz CT molecular complexity index is 569. The number of aliphatic hydroxyl groups is 1. The Balaban J connectivity index is 2.11. The standard InChI is InChI=1S/C15H24N2O3S/c1-11-10-17(3)9-8-15(11)16-21(19,20)14-6-4-13(5-7-14)12(2)18/h4-7,11-12,15-16,18H,8-10H2,1-3H3. The summed E-state index contributed by atoms with van der Waals surface area (Å²) < 4.78 is 27.7. The van der Waals surface area contributed by atoms with Gasteiger partial charge in [-0.2, -0.15) is 0 Å². The van der Waals surface area contributed by atoms with Crippen molar-refractivity contribution in [1.82, 2.24) is 9.62 Å². The Hall–Kier alpha value is -0.950. The fraction of sp³-hybridized carbons (Fsp3) is 0.600. The molecule has 0 amide bonds. The Morgan fingerprint density at radius 3 is 2.48 bits per heavy atom. The highest BCUT2D eigenvalue weighted by molar-refractivity contribution is 7.89. The van der Waals surface area contributed by atoms with Crippen LogP contribution in [0.3, 0.4) is 0 Å². The lowest BCUT2D eigenvalue weighted by molar-refractivity contribution is 0.188. The molecule has 21 heavy (non-hydrogen) atoms. The molecule has 6 heteroatoms. The molecule has 3 unspecified atom stereocenters. The van der Waals surface area contributed by atoms with E-state index in [1.54, 1.807) is 31.2 Å². The summed E-state index contributed by atoms with van der Waals surface area (Å²) in [7, 11) is -1.45. The molecule has 1 aromatic carbocycles. The molecule has 0 radical (unpaired) electrons. The van der Waals surface area contributed by atoms with Crippen LogP contribution in [0.15, 0.2) is 29.2 Å². The Morgan fingerprint density at radius 2 is 1.95 bits per heavy atom. The van der Waals surface area contributed by atoms with Gasteiger partial charge < -0.3 is 10.0 Å². The maximum Gasteiger partial charge on any atom is 0.240 e.